The van der Waals surface area contributed by atoms with Gasteiger partial charge in [-0.3, -0.25) is 4.79 Å². The van der Waals surface area contributed by atoms with Gasteiger partial charge >= 0.3 is 5.97 Å². The summed E-state index contributed by atoms with van der Waals surface area (Å²) in [7, 11) is 0. The number of nitrogens with one attached hydrogen (secondary N) is 2. The first-order valence-corrected chi connectivity index (χ1v) is 5.22. The average molecular weight is 232 g/mol. The highest BCUT2D eigenvalue weighted by Gasteiger charge is 2.20. The molecule has 6 nitrogen and oxygen atoms in total. The molecule has 0 radical (unpaired) electrons. The first-order chi connectivity index (χ1) is 7.38. The van der Waals surface area contributed by atoms with Gasteiger partial charge < -0.3 is 20.8 Å². The summed E-state index contributed by atoms with van der Waals surface area (Å²) in [5.74, 6) is -1.29. The topological polar surface area (TPSA) is 98.7 Å². The predicted octanol–water partition coefficient (Wildman–Crippen LogP) is -0.818. The van der Waals surface area contributed by atoms with Crippen LogP contribution in [0.25, 0.3) is 0 Å². The molecule has 94 valence electrons. The Morgan fingerprint density at radius 3 is 2.19 bits per heavy atom. The largest absolute Gasteiger partial charge is 0.480 e. The van der Waals surface area contributed by atoms with Gasteiger partial charge in [0.25, 0.3) is 0 Å². The van der Waals surface area contributed by atoms with E-state index in [0.29, 0.717) is 0 Å². The third kappa shape index (κ3) is 5.67. The van der Waals surface area contributed by atoms with Crippen LogP contribution in [0.4, 0.5) is 0 Å². The lowest BCUT2D eigenvalue weighted by Crippen LogP contribution is -2.50. The zero-order valence-electron chi connectivity index (χ0n) is 9.86. The van der Waals surface area contributed by atoms with Crippen LogP contribution in [0.2, 0.25) is 0 Å². The van der Waals surface area contributed by atoms with Crippen LogP contribution in [0.15, 0.2) is 0 Å². The van der Waals surface area contributed by atoms with Crippen LogP contribution in [0.5, 0.6) is 0 Å². The third-order valence-electron chi connectivity index (χ3n) is 2.26. The van der Waals surface area contributed by atoms with E-state index >= 15 is 0 Å². The van der Waals surface area contributed by atoms with Crippen molar-refractivity contribution in [3.8, 4) is 0 Å². The lowest BCUT2D eigenvalue weighted by molar-refractivity contribution is -0.141. The van der Waals surface area contributed by atoms with Crippen molar-refractivity contribution >= 4 is 11.9 Å². The monoisotopic (exact) mass is 232 g/mol. The summed E-state index contributed by atoms with van der Waals surface area (Å²) in [4.78, 5) is 21.5. The minimum absolute atomic E-state index is 0.0654. The van der Waals surface area contributed by atoms with Gasteiger partial charge in [0.1, 0.15) is 6.04 Å². The second-order valence-corrected chi connectivity index (χ2v) is 4.03. The normalized spacial score (nSPS) is 14.6. The summed E-state index contributed by atoms with van der Waals surface area (Å²) >= 11 is 0. The van der Waals surface area contributed by atoms with Gasteiger partial charge in [-0.25, -0.2) is 4.79 Å². The molecule has 1 amide bonds. The van der Waals surface area contributed by atoms with Crippen molar-refractivity contribution in [3.63, 3.8) is 0 Å². The standard InChI is InChI=1S/C10H20N2O4/c1-6(2)9(5-13)11-4-8(10(15)16)12-7(3)14/h6,8-9,11,13H,4-5H2,1-3H3,(H,12,14)(H,15,16). The number of carbonyl (C=O) groups is 2. The van der Waals surface area contributed by atoms with E-state index in [2.05, 4.69) is 10.6 Å². The highest BCUT2D eigenvalue weighted by atomic mass is 16.4. The van der Waals surface area contributed by atoms with Crippen LogP contribution in [0.3, 0.4) is 0 Å². The van der Waals surface area contributed by atoms with Crippen molar-refractivity contribution in [2.45, 2.75) is 32.9 Å². The van der Waals surface area contributed by atoms with E-state index in [1.165, 1.54) is 6.92 Å². The van der Waals surface area contributed by atoms with E-state index in [1.807, 2.05) is 13.8 Å². The number of carboxylic acids is 1. The van der Waals surface area contributed by atoms with Crippen molar-refractivity contribution < 1.29 is 19.8 Å². The van der Waals surface area contributed by atoms with Gasteiger partial charge in [0.15, 0.2) is 0 Å². The van der Waals surface area contributed by atoms with E-state index in [0.717, 1.165) is 0 Å². The SMILES string of the molecule is CC(=O)NC(CNC(CO)C(C)C)C(=O)O. The molecule has 0 aliphatic carbocycles. The number of rotatable bonds is 7. The number of carbonyl (C=O) groups excluding carboxylic acids is 1. The predicted molar refractivity (Wildman–Crippen MR) is 59.0 cm³/mol. The Morgan fingerprint density at radius 1 is 1.31 bits per heavy atom. The number of carboxylic acid groups (broad SMARTS) is 1. The van der Waals surface area contributed by atoms with Gasteiger partial charge in [-0.1, -0.05) is 13.8 Å². The Balaban J connectivity index is 4.20. The fraction of sp³-hybridized carbons (Fsp3) is 0.800. The Kier molecular flexibility index (Phi) is 6.67. The summed E-state index contributed by atoms with van der Waals surface area (Å²) in [6.45, 7) is 5.13. The molecule has 6 heteroatoms. The van der Waals surface area contributed by atoms with Gasteiger partial charge in [0.05, 0.1) is 6.61 Å². The molecule has 0 rings (SSSR count). The van der Waals surface area contributed by atoms with Crippen LogP contribution in [0, 0.1) is 5.92 Å². The zero-order chi connectivity index (χ0) is 12.7. The number of amides is 1. The summed E-state index contributed by atoms with van der Waals surface area (Å²) in [5.41, 5.74) is 0. The van der Waals surface area contributed by atoms with Crippen LogP contribution < -0.4 is 10.6 Å². The van der Waals surface area contributed by atoms with E-state index < -0.39 is 12.0 Å². The Labute approximate surface area is 95.0 Å². The zero-order valence-corrected chi connectivity index (χ0v) is 9.86. The fourth-order valence-electron chi connectivity index (χ4n) is 1.23. The van der Waals surface area contributed by atoms with Crippen molar-refractivity contribution in [2.75, 3.05) is 13.2 Å². The molecule has 0 aromatic heterocycles. The Bertz CT molecular complexity index is 243. The van der Waals surface area contributed by atoms with Gasteiger partial charge in [-0.2, -0.15) is 0 Å². The maximum absolute atomic E-state index is 10.8. The molecule has 0 bridgehead atoms. The maximum atomic E-state index is 10.8. The van der Waals surface area contributed by atoms with E-state index in [4.69, 9.17) is 10.2 Å². The molecule has 0 aromatic rings. The van der Waals surface area contributed by atoms with Crippen molar-refractivity contribution in [2.24, 2.45) is 5.92 Å². The number of hydrogen-bond acceptors (Lipinski definition) is 4. The lowest BCUT2D eigenvalue weighted by atomic mass is 10.1. The molecule has 4 N–H and O–H groups in total. The second-order valence-electron chi connectivity index (χ2n) is 4.03. The molecule has 0 aliphatic rings. The highest BCUT2D eigenvalue weighted by molar-refractivity contribution is 5.82. The highest BCUT2D eigenvalue weighted by Crippen LogP contribution is 2.00. The van der Waals surface area contributed by atoms with E-state index in [-0.39, 0.29) is 31.0 Å². The molecule has 16 heavy (non-hydrogen) atoms. The average Bonchev–Trinajstić information content (AvgIpc) is 2.15. The number of aliphatic hydroxyl groups excluding tert-OH is 1. The van der Waals surface area contributed by atoms with Crippen LogP contribution in [-0.2, 0) is 9.59 Å². The molecular weight excluding hydrogens is 212 g/mol. The summed E-state index contributed by atoms with van der Waals surface area (Å²) in [6, 6.07) is -1.14. The first kappa shape index (κ1) is 14.9. The molecule has 0 fully saturated rings. The molecule has 0 saturated heterocycles. The number of aliphatic carboxylic acids is 1. The minimum Gasteiger partial charge on any atom is -0.480 e. The summed E-state index contributed by atoms with van der Waals surface area (Å²) < 4.78 is 0. The van der Waals surface area contributed by atoms with Crippen LogP contribution >= 0.6 is 0 Å². The molecule has 0 saturated carbocycles. The number of hydrogen-bond donors (Lipinski definition) is 4. The third-order valence-corrected chi connectivity index (χ3v) is 2.26. The van der Waals surface area contributed by atoms with E-state index in [9.17, 15) is 9.59 Å². The van der Waals surface area contributed by atoms with Crippen LogP contribution in [0.1, 0.15) is 20.8 Å². The first-order valence-electron chi connectivity index (χ1n) is 5.22. The molecular formula is C10H20N2O4. The Hall–Kier alpha value is -1.14. The second kappa shape index (κ2) is 7.19. The van der Waals surface area contributed by atoms with Crippen molar-refractivity contribution in [3.05, 3.63) is 0 Å². The van der Waals surface area contributed by atoms with Crippen molar-refractivity contribution in [1.29, 1.82) is 0 Å². The Morgan fingerprint density at radius 2 is 1.88 bits per heavy atom. The molecule has 0 heterocycles. The summed E-state index contributed by atoms with van der Waals surface area (Å²) in [5, 5.41) is 23.1. The lowest BCUT2D eigenvalue weighted by Gasteiger charge is -2.22. The maximum Gasteiger partial charge on any atom is 0.327 e. The molecule has 0 aromatic carbocycles. The molecule has 2 atom stereocenters. The molecule has 2 unspecified atom stereocenters. The smallest absolute Gasteiger partial charge is 0.327 e. The van der Waals surface area contributed by atoms with Crippen molar-refractivity contribution in [1.82, 2.24) is 10.6 Å². The quantitative estimate of drug-likeness (QED) is 0.460. The van der Waals surface area contributed by atoms with E-state index in [1.54, 1.807) is 0 Å². The van der Waals surface area contributed by atoms with Crippen LogP contribution in [-0.4, -0.2) is 47.3 Å². The van der Waals surface area contributed by atoms with Gasteiger partial charge in [0.2, 0.25) is 5.91 Å². The van der Waals surface area contributed by atoms with Gasteiger partial charge in [-0.15, -0.1) is 0 Å². The minimum atomic E-state index is -1.09. The molecule has 0 spiro atoms. The van der Waals surface area contributed by atoms with Gasteiger partial charge in [0, 0.05) is 19.5 Å². The van der Waals surface area contributed by atoms with Gasteiger partial charge in [-0.05, 0) is 5.92 Å². The molecule has 0 aliphatic heterocycles. The summed E-state index contributed by atoms with van der Waals surface area (Å²) in [6.07, 6.45) is 0. The fourth-order valence-corrected chi connectivity index (χ4v) is 1.23. The number of aliphatic hydroxyl groups is 1.